The highest BCUT2D eigenvalue weighted by molar-refractivity contribution is 6.00. The van der Waals surface area contributed by atoms with Gasteiger partial charge in [-0.2, -0.15) is 0 Å². The van der Waals surface area contributed by atoms with Crippen molar-refractivity contribution in [3.63, 3.8) is 0 Å². The molecule has 0 saturated heterocycles. The Balaban J connectivity index is 2.22. The van der Waals surface area contributed by atoms with Crippen LogP contribution in [0.5, 0.6) is 0 Å². The Morgan fingerprint density at radius 3 is 2.55 bits per heavy atom. The molecule has 2 amide bonds. The molecule has 2 rings (SSSR count). The zero-order valence-electron chi connectivity index (χ0n) is 11.0. The van der Waals surface area contributed by atoms with Crippen molar-refractivity contribution in [2.75, 3.05) is 0 Å². The van der Waals surface area contributed by atoms with E-state index >= 15 is 0 Å². The lowest BCUT2D eigenvalue weighted by molar-refractivity contribution is -0.119. The van der Waals surface area contributed by atoms with Crippen molar-refractivity contribution < 1.29 is 9.59 Å². The maximum absolute atomic E-state index is 12.1. The van der Waals surface area contributed by atoms with E-state index in [-0.39, 0.29) is 5.91 Å². The molecule has 0 fully saturated rings. The highest BCUT2D eigenvalue weighted by Gasteiger charge is 2.17. The standard InChI is InChI=1S/C16H16N2O2/c1-2-5-14(15(17)19)18-16(20)13-9-8-11-6-3-4-7-12(11)10-13/h2-4,6-10,14H,1,5H2,(H2,17,19)(H,18,20)/t14-/m0/s1. The number of nitrogens with two attached hydrogens (primary N) is 1. The lowest BCUT2D eigenvalue weighted by Gasteiger charge is -2.13. The van der Waals surface area contributed by atoms with Crippen LogP contribution in [0.1, 0.15) is 16.8 Å². The molecular formula is C16H16N2O2. The first-order chi connectivity index (χ1) is 9.61. The van der Waals surface area contributed by atoms with Gasteiger partial charge >= 0.3 is 0 Å². The van der Waals surface area contributed by atoms with Gasteiger partial charge in [0.2, 0.25) is 5.91 Å². The number of carbonyl (C=O) groups excluding carboxylic acids is 2. The molecule has 3 N–H and O–H groups in total. The van der Waals surface area contributed by atoms with Crippen molar-refractivity contribution in [1.29, 1.82) is 0 Å². The normalized spacial score (nSPS) is 11.8. The third kappa shape index (κ3) is 3.03. The molecule has 0 aromatic heterocycles. The van der Waals surface area contributed by atoms with Crippen molar-refractivity contribution in [1.82, 2.24) is 5.32 Å². The predicted molar refractivity (Wildman–Crippen MR) is 79.2 cm³/mol. The van der Waals surface area contributed by atoms with Crippen molar-refractivity contribution in [3.8, 4) is 0 Å². The van der Waals surface area contributed by atoms with Gasteiger partial charge in [0.05, 0.1) is 0 Å². The van der Waals surface area contributed by atoms with Crippen LogP contribution in [0.15, 0.2) is 55.1 Å². The summed E-state index contributed by atoms with van der Waals surface area (Å²) in [6.45, 7) is 3.54. The Hall–Kier alpha value is -2.62. The quantitative estimate of drug-likeness (QED) is 0.814. The van der Waals surface area contributed by atoms with E-state index in [9.17, 15) is 9.59 Å². The summed E-state index contributed by atoms with van der Waals surface area (Å²) in [6.07, 6.45) is 1.87. The Morgan fingerprint density at radius 2 is 1.90 bits per heavy atom. The van der Waals surface area contributed by atoms with Gasteiger partial charge in [-0.25, -0.2) is 0 Å². The van der Waals surface area contributed by atoms with Gasteiger partial charge < -0.3 is 11.1 Å². The first kappa shape index (κ1) is 13.8. The number of primary amides is 1. The van der Waals surface area contributed by atoms with Crippen LogP contribution in [-0.2, 0) is 4.79 Å². The summed E-state index contributed by atoms with van der Waals surface area (Å²) in [6, 6.07) is 12.4. The molecule has 0 aliphatic carbocycles. The zero-order chi connectivity index (χ0) is 14.5. The molecule has 0 aliphatic heterocycles. The zero-order valence-corrected chi connectivity index (χ0v) is 11.0. The number of nitrogens with one attached hydrogen (secondary N) is 1. The van der Waals surface area contributed by atoms with Gasteiger partial charge in [-0.15, -0.1) is 6.58 Å². The van der Waals surface area contributed by atoms with E-state index < -0.39 is 11.9 Å². The lowest BCUT2D eigenvalue weighted by atomic mass is 10.1. The van der Waals surface area contributed by atoms with Crippen molar-refractivity contribution in [2.24, 2.45) is 5.73 Å². The van der Waals surface area contributed by atoms with Crippen LogP contribution in [0.3, 0.4) is 0 Å². The van der Waals surface area contributed by atoms with Gasteiger partial charge in [0.25, 0.3) is 5.91 Å². The first-order valence-electron chi connectivity index (χ1n) is 6.31. The highest BCUT2D eigenvalue weighted by Crippen LogP contribution is 2.15. The van der Waals surface area contributed by atoms with Crippen LogP contribution in [-0.4, -0.2) is 17.9 Å². The van der Waals surface area contributed by atoms with Crippen LogP contribution >= 0.6 is 0 Å². The van der Waals surface area contributed by atoms with E-state index in [2.05, 4.69) is 11.9 Å². The fourth-order valence-corrected chi connectivity index (χ4v) is 1.99. The molecule has 1 atom stereocenters. The van der Waals surface area contributed by atoms with Crippen LogP contribution in [0.25, 0.3) is 10.8 Å². The average Bonchev–Trinajstić information content (AvgIpc) is 2.46. The number of hydrogen-bond acceptors (Lipinski definition) is 2. The molecule has 2 aromatic carbocycles. The molecule has 0 bridgehead atoms. The summed E-state index contributed by atoms with van der Waals surface area (Å²) in [5.41, 5.74) is 5.74. The number of benzene rings is 2. The maximum atomic E-state index is 12.1. The topological polar surface area (TPSA) is 72.2 Å². The Kier molecular flexibility index (Phi) is 4.15. The number of rotatable bonds is 5. The number of hydrogen-bond donors (Lipinski definition) is 2. The third-order valence-electron chi connectivity index (χ3n) is 3.06. The molecule has 4 heteroatoms. The minimum absolute atomic E-state index is 0.314. The van der Waals surface area contributed by atoms with Gasteiger partial charge in [-0.05, 0) is 29.3 Å². The molecule has 4 nitrogen and oxygen atoms in total. The van der Waals surface area contributed by atoms with Gasteiger partial charge in [-0.3, -0.25) is 9.59 Å². The molecular weight excluding hydrogens is 252 g/mol. The second kappa shape index (κ2) is 6.02. The van der Waals surface area contributed by atoms with Crippen molar-refractivity contribution in [3.05, 3.63) is 60.7 Å². The number of carbonyl (C=O) groups is 2. The second-order valence-corrected chi connectivity index (χ2v) is 4.51. The van der Waals surface area contributed by atoms with Gasteiger partial charge in [-0.1, -0.05) is 36.4 Å². The predicted octanol–water partition coefficient (Wildman–Crippen LogP) is 2.00. The Morgan fingerprint density at radius 1 is 1.20 bits per heavy atom. The van der Waals surface area contributed by atoms with Crippen molar-refractivity contribution >= 4 is 22.6 Å². The van der Waals surface area contributed by atoms with Gasteiger partial charge in [0, 0.05) is 5.56 Å². The van der Waals surface area contributed by atoms with Gasteiger partial charge in [0.1, 0.15) is 6.04 Å². The van der Waals surface area contributed by atoms with Gasteiger partial charge in [0.15, 0.2) is 0 Å². The SMILES string of the molecule is C=CC[C@H](NC(=O)c1ccc2ccccc2c1)C(N)=O. The van der Waals surface area contributed by atoms with Crippen LogP contribution in [0.2, 0.25) is 0 Å². The largest absolute Gasteiger partial charge is 0.368 e. The Bertz CT molecular complexity index is 664. The van der Waals surface area contributed by atoms with E-state index in [4.69, 9.17) is 5.73 Å². The molecule has 0 heterocycles. The molecule has 0 unspecified atom stereocenters. The van der Waals surface area contributed by atoms with E-state index in [1.807, 2.05) is 30.3 Å². The summed E-state index contributed by atoms with van der Waals surface area (Å²) in [7, 11) is 0. The number of fused-ring (bicyclic) bond motifs is 1. The number of amides is 2. The summed E-state index contributed by atoms with van der Waals surface area (Å²) in [4.78, 5) is 23.4. The second-order valence-electron chi connectivity index (χ2n) is 4.51. The van der Waals surface area contributed by atoms with Crippen LogP contribution in [0.4, 0.5) is 0 Å². The molecule has 0 radical (unpaired) electrons. The fourth-order valence-electron chi connectivity index (χ4n) is 1.99. The Labute approximate surface area is 117 Å². The summed E-state index contributed by atoms with van der Waals surface area (Å²) in [5, 5.41) is 4.64. The molecule has 2 aromatic rings. The molecule has 0 aliphatic rings. The van der Waals surface area contributed by atoms with Crippen LogP contribution < -0.4 is 11.1 Å². The van der Waals surface area contributed by atoms with Crippen molar-refractivity contribution in [2.45, 2.75) is 12.5 Å². The third-order valence-corrected chi connectivity index (χ3v) is 3.06. The molecule has 0 saturated carbocycles. The first-order valence-corrected chi connectivity index (χ1v) is 6.31. The monoisotopic (exact) mass is 268 g/mol. The summed E-state index contributed by atoms with van der Waals surface area (Å²) in [5.74, 6) is -0.888. The average molecular weight is 268 g/mol. The van der Waals surface area contributed by atoms with E-state index in [0.717, 1.165) is 10.8 Å². The summed E-state index contributed by atoms with van der Waals surface area (Å²) < 4.78 is 0. The molecule has 102 valence electrons. The van der Waals surface area contributed by atoms with E-state index in [0.29, 0.717) is 12.0 Å². The molecule has 0 spiro atoms. The fraction of sp³-hybridized carbons (Fsp3) is 0.125. The minimum atomic E-state index is -0.730. The molecule has 20 heavy (non-hydrogen) atoms. The highest BCUT2D eigenvalue weighted by atomic mass is 16.2. The lowest BCUT2D eigenvalue weighted by Crippen LogP contribution is -2.44. The minimum Gasteiger partial charge on any atom is -0.368 e. The maximum Gasteiger partial charge on any atom is 0.251 e. The van der Waals surface area contributed by atoms with Crippen LogP contribution in [0, 0.1) is 0 Å². The van der Waals surface area contributed by atoms with E-state index in [1.54, 1.807) is 18.2 Å². The smallest absolute Gasteiger partial charge is 0.251 e. The van der Waals surface area contributed by atoms with E-state index in [1.165, 1.54) is 0 Å². The summed E-state index contributed by atoms with van der Waals surface area (Å²) >= 11 is 0.